The largest absolute Gasteiger partial charge is 0.370 e. The molecule has 21 heavy (non-hydrogen) atoms. The maximum atomic E-state index is 2.68. The molecule has 0 fully saturated rings. The second-order valence-electron chi connectivity index (χ2n) is 6.53. The summed E-state index contributed by atoms with van der Waals surface area (Å²) in [6, 6.07) is 0.683. The van der Waals surface area contributed by atoms with Crippen molar-refractivity contribution in [3.8, 4) is 0 Å². The normalized spacial score (nSPS) is 18.7. The van der Waals surface area contributed by atoms with E-state index >= 15 is 0 Å². The van der Waals surface area contributed by atoms with E-state index in [4.69, 9.17) is 0 Å². The molecule has 1 heterocycles. The fraction of sp³-hybridized carbons (Fsp3) is 0.800. The van der Waals surface area contributed by atoms with Gasteiger partial charge in [-0.1, -0.05) is 72.3 Å². The zero-order valence-electron chi connectivity index (χ0n) is 15.0. The van der Waals surface area contributed by atoms with Gasteiger partial charge in [0, 0.05) is 18.8 Å². The van der Waals surface area contributed by atoms with Crippen LogP contribution >= 0.6 is 0 Å². The average Bonchev–Trinajstić information content (AvgIpc) is 2.47. The number of allylic oxidation sites excluding steroid dienone is 2. The van der Waals surface area contributed by atoms with Crippen molar-refractivity contribution in [1.29, 1.82) is 0 Å². The van der Waals surface area contributed by atoms with Crippen molar-refractivity contribution in [2.75, 3.05) is 6.54 Å². The first-order valence-electron chi connectivity index (χ1n) is 9.43. The molecule has 122 valence electrons. The zero-order chi connectivity index (χ0) is 15.5. The van der Waals surface area contributed by atoms with Crippen LogP contribution in [0.1, 0.15) is 91.9 Å². The average molecular weight is 292 g/mol. The summed E-state index contributed by atoms with van der Waals surface area (Å²) in [7, 11) is 0. The van der Waals surface area contributed by atoms with Crippen molar-refractivity contribution in [3.05, 3.63) is 23.4 Å². The Balaban J connectivity index is 2.82. The zero-order valence-corrected chi connectivity index (χ0v) is 15.0. The fourth-order valence-electron chi connectivity index (χ4n) is 3.35. The smallest absolute Gasteiger partial charge is 0.0500 e. The minimum atomic E-state index is 0.683. The van der Waals surface area contributed by atoms with Crippen molar-refractivity contribution in [1.82, 2.24) is 4.90 Å². The first kappa shape index (κ1) is 18.3. The summed E-state index contributed by atoms with van der Waals surface area (Å²) >= 11 is 0. The van der Waals surface area contributed by atoms with E-state index in [9.17, 15) is 0 Å². The third-order valence-corrected chi connectivity index (χ3v) is 4.46. The van der Waals surface area contributed by atoms with E-state index in [1.807, 2.05) is 0 Å². The van der Waals surface area contributed by atoms with E-state index in [-0.39, 0.29) is 0 Å². The molecule has 1 aliphatic rings. The Kier molecular flexibility index (Phi) is 9.54. The Labute approximate surface area is 133 Å². The Morgan fingerprint density at radius 1 is 0.857 bits per heavy atom. The van der Waals surface area contributed by atoms with Crippen LogP contribution in [-0.2, 0) is 0 Å². The third-order valence-electron chi connectivity index (χ3n) is 4.46. The van der Waals surface area contributed by atoms with Gasteiger partial charge in [-0.05, 0) is 36.8 Å². The van der Waals surface area contributed by atoms with E-state index in [1.54, 1.807) is 11.1 Å². The lowest BCUT2D eigenvalue weighted by Crippen LogP contribution is -2.36. The van der Waals surface area contributed by atoms with Crippen molar-refractivity contribution in [2.24, 2.45) is 0 Å². The predicted molar refractivity (Wildman–Crippen MR) is 95.5 cm³/mol. The fourth-order valence-corrected chi connectivity index (χ4v) is 3.35. The number of hydrogen-bond donors (Lipinski definition) is 0. The highest BCUT2D eigenvalue weighted by molar-refractivity contribution is 5.31. The lowest BCUT2D eigenvalue weighted by molar-refractivity contribution is 0.271. The van der Waals surface area contributed by atoms with Gasteiger partial charge in [-0.2, -0.15) is 0 Å². The van der Waals surface area contributed by atoms with Crippen molar-refractivity contribution >= 4 is 0 Å². The summed E-state index contributed by atoms with van der Waals surface area (Å²) in [5.41, 5.74) is 3.26. The Morgan fingerprint density at radius 3 is 2.19 bits per heavy atom. The molecule has 0 saturated heterocycles. The van der Waals surface area contributed by atoms with Crippen LogP contribution in [0, 0.1) is 0 Å². The highest BCUT2D eigenvalue weighted by Gasteiger charge is 2.23. The molecular formula is C20H37N. The minimum Gasteiger partial charge on any atom is -0.370 e. The number of unbranched alkanes of at least 4 members (excludes halogenated alkanes) is 3. The predicted octanol–water partition coefficient (Wildman–Crippen LogP) is 6.46. The van der Waals surface area contributed by atoms with E-state index in [0.29, 0.717) is 6.04 Å². The van der Waals surface area contributed by atoms with E-state index in [2.05, 4.69) is 44.9 Å². The van der Waals surface area contributed by atoms with Gasteiger partial charge in [-0.3, -0.25) is 0 Å². The van der Waals surface area contributed by atoms with Crippen LogP contribution in [0.2, 0.25) is 0 Å². The van der Waals surface area contributed by atoms with Gasteiger partial charge in [0.1, 0.15) is 0 Å². The molecule has 0 amide bonds. The maximum absolute atomic E-state index is 2.68. The van der Waals surface area contributed by atoms with E-state index < -0.39 is 0 Å². The molecule has 0 aromatic rings. The number of rotatable bonds is 11. The molecule has 1 heteroatoms. The van der Waals surface area contributed by atoms with Crippen LogP contribution in [-0.4, -0.2) is 17.5 Å². The Morgan fingerprint density at radius 2 is 1.57 bits per heavy atom. The molecular weight excluding hydrogens is 254 g/mol. The molecule has 0 radical (unpaired) electrons. The van der Waals surface area contributed by atoms with Crippen molar-refractivity contribution < 1.29 is 0 Å². The monoisotopic (exact) mass is 291 g/mol. The van der Waals surface area contributed by atoms with Gasteiger partial charge in [0.15, 0.2) is 0 Å². The Bertz CT molecular complexity index is 327. The van der Waals surface area contributed by atoms with Gasteiger partial charge >= 0.3 is 0 Å². The highest BCUT2D eigenvalue weighted by atomic mass is 15.1. The van der Waals surface area contributed by atoms with Gasteiger partial charge in [0.05, 0.1) is 0 Å². The molecule has 1 unspecified atom stereocenters. The first-order chi connectivity index (χ1) is 10.3. The molecule has 0 aliphatic carbocycles. The van der Waals surface area contributed by atoms with Crippen molar-refractivity contribution in [3.63, 3.8) is 0 Å². The molecule has 1 rings (SSSR count). The molecule has 0 saturated carbocycles. The van der Waals surface area contributed by atoms with Crippen LogP contribution in [0.25, 0.3) is 0 Å². The Hall–Kier alpha value is -0.720. The van der Waals surface area contributed by atoms with Gasteiger partial charge in [-0.25, -0.2) is 0 Å². The third kappa shape index (κ3) is 6.28. The summed E-state index contributed by atoms with van der Waals surface area (Å²) in [5, 5.41) is 0. The van der Waals surface area contributed by atoms with E-state index in [1.165, 1.54) is 70.8 Å². The standard InChI is InChI=1S/C20H37N/c1-5-9-11-15-21-17-18(12-7-3)16-19(13-8-4)20(21)14-10-6-2/h16-17,20H,5-15H2,1-4H3. The molecule has 0 spiro atoms. The van der Waals surface area contributed by atoms with Crippen LogP contribution < -0.4 is 0 Å². The van der Waals surface area contributed by atoms with Crippen LogP contribution in [0.5, 0.6) is 0 Å². The van der Waals surface area contributed by atoms with E-state index in [0.717, 1.165) is 0 Å². The summed E-state index contributed by atoms with van der Waals surface area (Å²) in [5.74, 6) is 0. The summed E-state index contributed by atoms with van der Waals surface area (Å²) in [4.78, 5) is 2.68. The second-order valence-corrected chi connectivity index (χ2v) is 6.53. The maximum Gasteiger partial charge on any atom is 0.0500 e. The second kappa shape index (κ2) is 10.9. The highest BCUT2D eigenvalue weighted by Crippen LogP contribution is 2.29. The van der Waals surface area contributed by atoms with Crippen molar-refractivity contribution in [2.45, 2.75) is 97.9 Å². The summed E-state index contributed by atoms with van der Waals surface area (Å²) < 4.78 is 0. The van der Waals surface area contributed by atoms with Crippen LogP contribution in [0.3, 0.4) is 0 Å². The topological polar surface area (TPSA) is 3.24 Å². The van der Waals surface area contributed by atoms with Crippen LogP contribution in [0.4, 0.5) is 0 Å². The molecule has 0 aromatic heterocycles. The first-order valence-corrected chi connectivity index (χ1v) is 9.43. The minimum absolute atomic E-state index is 0.683. The summed E-state index contributed by atoms with van der Waals surface area (Å²) in [6.45, 7) is 10.5. The van der Waals surface area contributed by atoms with Gasteiger partial charge in [0.25, 0.3) is 0 Å². The number of hydrogen-bond acceptors (Lipinski definition) is 1. The molecule has 0 N–H and O–H groups in total. The molecule has 0 aromatic carbocycles. The quantitative estimate of drug-likeness (QED) is 0.395. The molecule has 1 aliphatic heterocycles. The molecule has 1 atom stereocenters. The van der Waals surface area contributed by atoms with Crippen LogP contribution in [0.15, 0.2) is 23.4 Å². The lowest BCUT2D eigenvalue weighted by Gasteiger charge is -2.37. The number of nitrogens with zero attached hydrogens (tertiary/aromatic N) is 1. The summed E-state index contributed by atoms with van der Waals surface area (Å²) in [6.07, 6.45) is 18.1. The SMILES string of the molecule is CCCCCN1C=C(CCC)C=C(CCC)C1CCCC. The molecule has 1 nitrogen and oxygen atoms in total. The van der Waals surface area contributed by atoms with Gasteiger partial charge in [-0.15, -0.1) is 0 Å². The van der Waals surface area contributed by atoms with Gasteiger partial charge in [0.2, 0.25) is 0 Å². The van der Waals surface area contributed by atoms with Gasteiger partial charge < -0.3 is 4.90 Å². The lowest BCUT2D eigenvalue weighted by atomic mass is 9.90. The molecule has 0 bridgehead atoms.